The molecule has 1 heterocycles. The van der Waals surface area contributed by atoms with Crippen LogP contribution < -0.4 is 11.1 Å². The Morgan fingerprint density at radius 1 is 1.00 bits per heavy atom. The number of rotatable bonds is 4. The molecule has 102 valence electrons. The van der Waals surface area contributed by atoms with Crippen molar-refractivity contribution in [1.29, 1.82) is 0 Å². The number of hydrogen-bond donors (Lipinski definition) is 2. The number of benzene rings is 2. The standard InChI is InChI=1S/C17H19N3/c18-16-8-4-7-14(11-13-5-2-1-3-6-13)15(16)12-17-19-9-10-20-17/h1-8H,9-12,18H2,(H,19,20). The van der Waals surface area contributed by atoms with Crippen LogP contribution in [0.2, 0.25) is 0 Å². The molecule has 2 aromatic carbocycles. The van der Waals surface area contributed by atoms with Crippen LogP contribution in [0.1, 0.15) is 16.7 Å². The molecule has 0 spiro atoms. The van der Waals surface area contributed by atoms with Gasteiger partial charge in [0.15, 0.2) is 0 Å². The van der Waals surface area contributed by atoms with Gasteiger partial charge < -0.3 is 11.1 Å². The predicted molar refractivity (Wildman–Crippen MR) is 84.1 cm³/mol. The lowest BCUT2D eigenvalue weighted by Crippen LogP contribution is -2.21. The summed E-state index contributed by atoms with van der Waals surface area (Å²) >= 11 is 0. The SMILES string of the molecule is Nc1cccc(Cc2ccccc2)c1CC1=NCCN1. The minimum Gasteiger partial charge on any atom is -0.398 e. The van der Waals surface area contributed by atoms with Crippen molar-refractivity contribution in [2.75, 3.05) is 18.8 Å². The van der Waals surface area contributed by atoms with Crippen LogP contribution in [-0.4, -0.2) is 18.9 Å². The second-order valence-corrected chi connectivity index (χ2v) is 5.08. The number of nitrogens with two attached hydrogens (primary N) is 1. The molecule has 1 aliphatic heterocycles. The minimum atomic E-state index is 0.800. The average Bonchev–Trinajstić information content (AvgIpc) is 2.97. The normalized spacial score (nSPS) is 13.9. The molecule has 20 heavy (non-hydrogen) atoms. The van der Waals surface area contributed by atoms with Gasteiger partial charge in [-0.1, -0.05) is 42.5 Å². The van der Waals surface area contributed by atoms with Gasteiger partial charge in [0, 0.05) is 18.7 Å². The number of nitrogen functional groups attached to an aromatic ring is 1. The molecule has 0 bridgehead atoms. The Balaban J connectivity index is 1.88. The van der Waals surface area contributed by atoms with Crippen LogP contribution in [-0.2, 0) is 12.8 Å². The first-order chi connectivity index (χ1) is 9.83. The van der Waals surface area contributed by atoms with E-state index < -0.39 is 0 Å². The van der Waals surface area contributed by atoms with Gasteiger partial charge in [-0.25, -0.2) is 0 Å². The predicted octanol–water partition coefficient (Wildman–Crippen LogP) is 2.40. The molecule has 1 aliphatic rings. The molecule has 0 aliphatic carbocycles. The van der Waals surface area contributed by atoms with Crippen molar-refractivity contribution in [2.24, 2.45) is 4.99 Å². The Hall–Kier alpha value is -2.29. The molecule has 0 radical (unpaired) electrons. The quantitative estimate of drug-likeness (QED) is 0.834. The molecule has 0 amide bonds. The fraction of sp³-hybridized carbons (Fsp3) is 0.235. The van der Waals surface area contributed by atoms with E-state index in [1.165, 1.54) is 16.7 Å². The van der Waals surface area contributed by atoms with Crippen molar-refractivity contribution < 1.29 is 0 Å². The van der Waals surface area contributed by atoms with Crippen molar-refractivity contribution in [3.8, 4) is 0 Å². The lowest BCUT2D eigenvalue weighted by atomic mass is 9.96. The van der Waals surface area contributed by atoms with E-state index in [0.717, 1.165) is 37.5 Å². The number of amidine groups is 1. The number of hydrogen-bond acceptors (Lipinski definition) is 3. The average molecular weight is 265 g/mol. The van der Waals surface area contributed by atoms with Gasteiger partial charge in [0.1, 0.15) is 5.84 Å². The Bertz CT molecular complexity index is 617. The summed E-state index contributed by atoms with van der Waals surface area (Å²) in [6.07, 6.45) is 1.71. The molecule has 3 nitrogen and oxygen atoms in total. The summed E-state index contributed by atoms with van der Waals surface area (Å²) in [7, 11) is 0. The smallest absolute Gasteiger partial charge is 0.101 e. The monoisotopic (exact) mass is 265 g/mol. The van der Waals surface area contributed by atoms with Gasteiger partial charge in [-0.15, -0.1) is 0 Å². The highest BCUT2D eigenvalue weighted by molar-refractivity contribution is 5.87. The van der Waals surface area contributed by atoms with Gasteiger partial charge >= 0.3 is 0 Å². The summed E-state index contributed by atoms with van der Waals surface area (Å²) < 4.78 is 0. The van der Waals surface area contributed by atoms with E-state index in [2.05, 4.69) is 40.6 Å². The third kappa shape index (κ3) is 2.82. The molecule has 0 atom stereocenters. The molecular weight excluding hydrogens is 246 g/mol. The van der Waals surface area contributed by atoms with Crippen LogP contribution >= 0.6 is 0 Å². The maximum atomic E-state index is 6.17. The number of nitrogens with zero attached hydrogens (tertiary/aromatic N) is 1. The van der Waals surface area contributed by atoms with Crippen LogP contribution in [0.3, 0.4) is 0 Å². The summed E-state index contributed by atoms with van der Waals surface area (Å²) in [6.45, 7) is 1.81. The summed E-state index contributed by atoms with van der Waals surface area (Å²) in [6, 6.07) is 16.7. The molecular formula is C17H19N3. The van der Waals surface area contributed by atoms with E-state index in [1.807, 2.05) is 18.2 Å². The third-order valence-electron chi connectivity index (χ3n) is 3.63. The van der Waals surface area contributed by atoms with Crippen LogP contribution in [0.5, 0.6) is 0 Å². The largest absolute Gasteiger partial charge is 0.398 e. The van der Waals surface area contributed by atoms with E-state index >= 15 is 0 Å². The Kier molecular flexibility index (Phi) is 3.68. The van der Waals surface area contributed by atoms with Crippen molar-refractivity contribution in [2.45, 2.75) is 12.8 Å². The maximum Gasteiger partial charge on any atom is 0.101 e. The first kappa shape index (κ1) is 12.7. The lowest BCUT2D eigenvalue weighted by Gasteiger charge is -2.13. The van der Waals surface area contributed by atoms with Gasteiger partial charge in [0.25, 0.3) is 0 Å². The van der Waals surface area contributed by atoms with Crippen LogP contribution in [0.15, 0.2) is 53.5 Å². The van der Waals surface area contributed by atoms with Crippen molar-refractivity contribution >= 4 is 11.5 Å². The summed E-state index contributed by atoms with van der Waals surface area (Å²) in [5.74, 6) is 1.05. The first-order valence-electron chi connectivity index (χ1n) is 7.00. The second kappa shape index (κ2) is 5.78. The Labute approximate surface area is 119 Å². The molecule has 0 fully saturated rings. The fourth-order valence-corrected chi connectivity index (χ4v) is 2.58. The summed E-state index contributed by atoms with van der Waals surface area (Å²) in [5.41, 5.74) is 10.8. The van der Waals surface area contributed by atoms with Crippen molar-refractivity contribution in [3.05, 3.63) is 65.2 Å². The summed E-state index contributed by atoms with van der Waals surface area (Å²) in [4.78, 5) is 4.47. The fourth-order valence-electron chi connectivity index (χ4n) is 2.58. The lowest BCUT2D eigenvalue weighted by molar-refractivity contribution is 0.952. The first-order valence-corrected chi connectivity index (χ1v) is 7.00. The zero-order valence-electron chi connectivity index (χ0n) is 11.5. The van der Waals surface area contributed by atoms with Crippen LogP contribution in [0, 0.1) is 0 Å². The molecule has 0 saturated carbocycles. The van der Waals surface area contributed by atoms with Crippen molar-refractivity contribution in [1.82, 2.24) is 5.32 Å². The zero-order chi connectivity index (χ0) is 13.8. The van der Waals surface area contributed by atoms with Crippen molar-refractivity contribution in [3.63, 3.8) is 0 Å². The van der Waals surface area contributed by atoms with Gasteiger partial charge in [-0.3, -0.25) is 4.99 Å². The molecule has 2 aromatic rings. The van der Waals surface area contributed by atoms with Gasteiger partial charge in [-0.05, 0) is 29.2 Å². The molecule has 3 rings (SSSR count). The molecule has 0 unspecified atom stereocenters. The Morgan fingerprint density at radius 3 is 2.60 bits per heavy atom. The molecule has 3 heteroatoms. The third-order valence-corrected chi connectivity index (χ3v) is 3.63. The number of aliphatic imine (C=N–C) groups is 1. The second-order valence-electron chi connectivity index (χ2n) is 5.08. The molecule has 0 saturated heterocycles. The molecule has 3 N–H and O–H groups in total. The van der Waals surface area contributed by atoms with Crippen LogP contribution in [0.25, 0.3) is 0 Å². The Morgan fingerprint density at radius 2 is 1.85 bits per heavy atom. The van der Waals surface area contributed by atoms with E-state index in [9.17, 15) is 0 Å². The highest BCUT2D eigenvalue weighted by Crippen LogP contribution is 2.21. The molecule has 0 aromatic heterocycles. The zero-order valence-corrected chi connectivity index (χ0v) is 11.5. The van der Waals surface area contributed by atoms with Gasteiger partial charge in [0.2, 0.25) is 0 Å². The van der Waals surface area contributed by atoms with Gasteiger partial charge in [0.05, 0.1) is 6.54 Å². The topological polar surface area (TPSA) is 50.4 Å². The maximum absolute atomic E-state index is 6.17. The highest BCUT2D eigenvalue weighted by Gasteiger charge is 2.12. The van der Waals surface area contributed by atoms with E-state index in [4.69, 9.17) is 5.73 Å². The number of anilines is 1. The van der Waals surface area contributed by atoms with Gasteiger partial charge in [-0.2, -0.15) is 0 Å². The van der Waals surface area contributed by atoms with Crippen LogP contribution in [0.4, 0.5) is 5.69 Å². The highest BCUT2D eigenvalue weighted by atomic mass is 15.1. The van der Waals surface area contributed by atoms with E-state index in [0.29, 0.717) is 0 Å². The minimum absolute atomic E-state index is 0.800. The number of nitrogens with one attached hydrogen (secondary N) is 1. The summed E-state index contributed by atoms with van der Waals surface area (Å²) in [5, 5.41) is 3.32. The van der Waals surface area contributed by atoms with E-state index in [-0.39, 0.29) is 0 Å². The van der Waals surface area contributed by atoms with E-state index in [1.54, 1.807) is 0 Å².